The number of esters is 4. The summed E-state index contributed by atoms with van der Waals surface area (Å²) in [6, 6.07) is 0. The number of aliphatic hydroxyl groups excluding tert-OH is 1. The van der Waals surface area contributed by atoms with Gasteiger partial charge >= 0.3 is 39.5 Å². The van der Waals surface area contributed by atoms with Crippen molar-refractivity contribution in [3.05, 3.63) is 85.1 Å². The average Bonchev–Trinajstić information content (AvgIpc) is 1.06. The number of carbonyl (C=O) groups excluding carboxylic acids is 4. The van der Waals surface area contributed by atoms with Crippen LogP contribution in [0.4, 0.5) is 0 Å². The van der Waals surface area contributed by atoms with Crippen molar-refractivity contribution in [1.82, 2.24) is 0 Å². The van der Waals surface area contributed by atoms with Crippen LogP contribution in [-0.2, 0) is 65.4 Å². The maximum absolute atomic E-state index is 13.1. The standard InChI is InChI=1S/C81H144O17P2/c1-5-9-13-17-21-25-29-33-36-37-40-43-46-50-54-58-62-66-79(84)92-72-77(98-81(86)68-64-60-56-52-48-44-39-35-31-27-23-19-15-11-7-3)74-96-100(89,90)94-70-75(82)69-93-99(87,88)95-73-76(97-80(85)67-63-59-55-51-47-41-32-28-24-20-16-12-8-4)71-91-78(83)65-61-57-53-49-45-42-38-34-30-26-22-18-14-10-6-2/h21,25-28,30-33,36,40,43,50,54,75-77,82H,5-20,22-24,29,34-35,37-39,41-42,44-49,51-53,55-74H2,1-4H3,(H,87,88)(H,89,90)/b25-21-,30-26-,31-27-,32-28-,36-33-,43-40-,54-50-/t75-,76+,77+/m0/s1. The van der Waals surface area contributed by atoms with E-state index in [1.807, 2.05) is 12.2 Å². The third-order valence-electron chi connectivity index (χ3n) is 16.8. The lowest BCUT2D eigenvalue weighted by Crippen LogP contribution is -2.30. The highest BCUT2D eigenvalue weighted by Gasteiger charge is 2.30. The van der Waals surface area contributed by atoms with Crippen LogP contribution in [0.1, 0.15) is 349 Å². The van der Waals surface area contributed by atoms with E-state index in [-0.39, 0.29) is 25.7 Å². The van der Waals surface area contributed by atoms with E-state index in [4.69, 9.17) is 37.0 Å². The number of phosphoric acid groups is 2. The molecule has 0 aromatic rings. The minimum atomic E-state index is -4.99. The second-order valence-corrected chi connectivity index (χ2v) is 29.5. The van der Waals surface area contributed by atoms with Crippen molar-refractivity contribution < 1.29 is 80.2 Å². The normalized spacial score (nSPS) is 14.3. The van der Waals surface area contributed by atoms with E-state index in [0.29, 0.717) is 32.1 Å². The van der Waals surface area contributed by atoms with E-state index in [9.17, 15) is 43.2 Å². The predicted molar refractivity (Wildman–Crippen MR) is 409 cm³/mol. The van der Waals surface area contributed by atoms with Crippen molar-refractivity contribution in [1.29, 1.82) is 0 Å². The first-order valence-electron chi connectivity index (χ1n) is 39.8. The Labute approximate surface area is 608 Å². The highest BCUT2D eigenvalue weighted by molar-refractivity contribution is 7.47. The molecule has 580 valence electrons. The van der Waals surface area contributed by atoms with Crippen LogP contribution in [0, 0.1) is 0 Å². The third-order valence-corrected chi connectivity index (χ3v) is 18.7. The van der Waals surface area contributed by atoms with Gasteiger partial charge in [-0.25, -0.2) is 9.13 Å². The summed E-state index contributed by atoms with van der Waals surface area (Å²) in [5.74, 6) is -2.24. The van der Waals surface area contributed by atoms with Gasteiger partial charge in [0.05, 0.1) is 26.4 Å². The van der Waals surface area contributed by atoms with E-state index in [0.717, 1.165) is 154 Å². The molecule has 0 aliphatic heterocycles. The van der Waals surface area contributed by atoms with E-state index < -0.39 is 97.5 Å². The quantitative estimate of drug-likeness (QED) is 0.0169. The maximum atomic E-state index is 13.1. The van der Waals surface area contributed by atoms with Crippen LogP contribution in [0.5, 0.6) is 0 Å². The fourth-order valence-electron chi connectivity index (χ4n) is 10.7. The summed E-state index contributed by atoms with van der Waals surface area (Å²) in [5, 5.41) is 10.6. The molecule has 0 amide bonds. The molecule has 0 aliphatic rings. The molecule has 100 heavy (non-hydrogen) atoms. The summed E-state index contributed by atoms with van der Waals surface area (Å²) >= 11 is 0. The third kappa shape index (κ3) is 72.6. The summed E-state index contributed by atoms with van der Waals surface area (Å²) < 4.78 is 68.5. The lowest BCUT2D eigenvalue weighted by Gasteiger charge is -2.21. The van der Waals surface area contributed by atoms with Gasteiger partial charge in [0, 0.05) is 25.7 Å². The monoisotopic (exact) mass is 1450 g/mol. The molecule has 0 aromatic heterocycles. The minimum absolute atomic E-state index is 0.0797. The van der Waals surface area contributed by atoms with Gasteiger partial charge in [0.25, 0.3) is 0 Å². The van der Waals surface area contributed by atoms with Crippen LogP contribution >= 0.6 is 15.6 Å². The Balaban J connectivity index is 5.39. The molecule has 0 heterocycles. The van der Waals surface area contributed by atoms with Gasteiger partial charge in [-0.3, -0.25) is 37.3 Å². The topological polar surface area (TPSA) is 237 Å². The molecule has 0 spiro atoms. The Kier molecular flexibility index (Phi) is 70.8. The molecule has 19 heteroatoms. The number of aliphatic hydroxyl groups is 1. The second-order valence-electron chi connectivity index (χ2n) is 26.6. The van der Waals surface area contributed by atoms with Crippen molar-refractivity contribution in [3.8, 4) is 0 Å². The smallest absolute Gasteiger partial charge is 0.462 e. The molecule has 5 atom stereocenters. The summed E-state index contributed by atoms with van der Waals surface area (Å²) in [6.45, 7) is 4.77. The molecule has 0 aromatic carbocycles. The van der Waals surface area contributed by atoms with E-state index in [2.05, 4.69) is 101 Å². The van der Waals surface area contributed by atoms with Crippen molar-refractivity contribution in [2.45, 2.75) is 367 Å². The molecule has 0 fully saturated rings. The number of hydrogen-bond donors (Lipinski definition) is 3. The predicted octanol–water partition coefficient (Wildman–Crippen LogP) is 23.0. The summed E-state index contributed by atoms with van der Waals surface area (Å²) in [7, 11) is -9.96. The largest absolute Gasteiger partial charge is 0.472 e. The molecular weight excluding hydrogens is 1310 g/mol. The fourth-order valence-corrected chi connectivity index (χ4v) is 12.2. The van der Waals surface area contributed by atoms with E-state index >= 15 is 0 Å². The van der Waals surface area contributed by atoms with Gasteiger partial charge in [-0.1, -0.05) is 267 Å². The molecule has 0 saturated heterocycles. The number of rotatable bonds is 75. The van der Waals surface area contributed by atoms with E-state index in [1.165, 1.54) is 109 Å². The Bertz CT molecular complexity index is 2230. The molecule has 2 unspecified atom stereocenters. The van der Waals surface area contributed by atoms with Crippen molar-refractivity contribution in [3.63, 3.8) is 0 Å². The SMILES string of the molecule is CCCCC/C=C\C/C=C\C/C=C\C/C=C\CCCC(=O)OC[C@H](COP(=O)(O)OC[C@@H](O)COP(=O)(O)OC[C@@H](COC(=O)CCCCCCCCC/C=C\CCCCCC)OC(=O)CCCCCCC/C=C\CCCCCC)OC(=O)CCCCCCCCC/C=C\CCCCCC. The Hall–Kier alpha value is -3.76. The molecule has 0 saturated carbocycles. The van der Waals surface area contributed by atoms with Crippen LogP contribution in [0.3, 0.4) is 0 Å². The van der Waals surface area contributed by atoms with Crippen LogP contribution in [0.2, 0.25) is 0 Å². The van der Waals surface area contributed by atoms with E-state index in [1.54, 1.807) is 0 Å². The van der Waals surface area contributed by atoms with Crippen LogP contribution in [0.25, 0.3) is 0 Å². The van der Waals surface area contributed by atoms with Gasteiger partial charge in [-0.2, -0.15) is 0 Å². The van der Waals surface area contributed by atoms with Crippen LogP contribution < -0.4 is 0 Å². The second kappa shape index (κ2) is 73.5. The average molecular weight is 1450 g/mol. The molecule has 17 nitrogen and oxygen atoms in total. The van der Waals surface area contributed by atoms with Gasteiger partial charge in [-0.15, -0.1) is 0 Å². The first kappa shape index (κ1) is 96.2. The van der Waals surface area contributed by atoms with Crippen molar-refractivity contribution >= 4 is 39.5 Å². The van der Waals surface area contributed by atoms with Crippen LogP contribution in [-0.4, -0.2) is 96.7 Å². The Morgan fingerprint density at radius 3 is 0.820 bits per heavy atom. The van der Waals surface area contributed by atoms with Gasteiger partial charge in [0.1, 0.15) is 19.3 Å². The number of ether oxygens (including phenoxy) is 4. The molecule has 3 N–H and O–H groups in total. The lowest BCUT2D eigenvalue weighted by atomic mass is 10.1. The zero-order valence-corrected chi connectivity index (χ0v) is 65.2. The number of hydrogen-bond acceptors (Lipinski definition) is 15. The van der Waals surface area contributed by atoms with Gasteiger partial charge < -0.3 is 33.8 Å². The number of phosphoric ester groups is 2. The maximum Gasteiger partial charge on any atom is 0.472 e. The van der Waals surface area contributed by atoms with Gasteiger partial charge in [-0.05, 0) is 141 Å². The van der Waals surface area contributed by atoms with Gasteiger partial charge in [0.15, 0.2) is 12.2 Å². The first-order valence-corrected chi connectivity index (χ1v) is 42.8. The van der Waals surface area contributed by atoms with Crippen LogP contribution in [0.15, 0.2) is 85.1 Å². The first-order chi connectivity index (χ1) is 48.7. The number of unbranched alkanes of at least 4 members (excludes halogenated alkanes) is 35. The number of allylic oxidation sites excluding steroid dienone is 14. The molecule has 0 bridgehead atoms. The zero-order chi connectivity index (χ0) is 73.2. The Morgan fingerprint density at radius 1 is 0.280 bits per heavy atom. The molecule has 0 rings (SSSR count). The van der Waals surface area contributed by atoms with Crippen molar-refractivity contribution in [2.75, 3.05) is 39.6 Å². The minimum Gasteiger partial charge on any atom is -0.462 e. The molecule has 0 aliphatic carbocycles. The van der Waals surface area contributed by atoms with Gasteiger partial charge in [0.2, 0.25) is 0 Å². The highest BCUT2D eigenvalue weighted by atomic mass is 31.2. The number of carbonyl (C=O) groups is 4. The summed E-state index contributed by atoms with van der Waals surface area (Å²) in [6.07, 6.45) is 75.6. The lowest BCUT2D eigenvalue weighted by molar-refractivity contribution is -0.161. The fraction of sp³-hybridized carbons (Fsp3) is 0.778. The van der Waals surface area contributed by atoms with Crippen molar-refractivity contribution in [2.24, 2.45) is 0 Å². The zero-order valence-electron chi connectivity index (χ0n) is 63.4. The summed E-state index contributed by atoms with van der Waals surface area (Å²) in [4.78, 5) is 72.9. The summed E-state index contributed by atoms with van der Waals surface area (Å²) in [5.41, 5.74) is 0. The molecular formula is C81H144O17P2. The Morgan fingerprint density at radius 2 is 0.500 bits per heavy atom. The highest BCUT2D eigenvalue weighted by Crippen LogP contribution is 2.45. The molecule has 0 radical (unpaired) electrons.